The van der Waals surface area contributed by atoms with Gasteiger partial charge in [-0.15, -0.1) is 6.58 Å². The molecule has 0 heterocycles. The zero-order chi connectivity index (χ0) is 25.1. The fraction of sp³-hybridized carbons (Fsp3) is 0.844. The molecule has 0 amide bonds. The molecule has 34 heavy (non-hydrogen) atoms. The van der Waals surface area contributed by atoms with Crippen LogP contribution in [0.25, 0.3) is 0 Å². The number of hydrogen-bond acceptors (Lipinski definition) is 2. The van der Waals surface area contributed by atoms with Crippen LogP contribution in [0.1, 0.15) is 119 Å². The minimum Gasteiger partial charge on any atom is -0.393 e. The fourth-order valence-corrected chi connectivity index (χ4v) is 9.88. The number of allylic oxidation sites excluding steroid dienone is 3. The van der Waals surface area contributed by atoms with Gasteiger partial charge in [-0.3, -0.25) is 4.79 Å². The number of Topliss-reactive ketones (excluding diaryl/α,β-unsaturated/α-hetero) is 1. The first-order valence-electron chi connectivity index (χ1n) is 14.4. The van der Waals surface area contributed by atoms with E-state index in [1.807, 2.05) is 0 Å². The molecule has 192 valence electrons. The lowest BCUT2D eigenvalue weighted by Crippen LogP contribution is -2.56. The standard InChI is InChI=1S/C32H52O2/c1-9-17-32-24-13-14-26-29(5,6)27(33)16-18-30(26,7)23(24)15-19-31(32,8)25(20-28(32)34)22(4)12-10-11-21(2)3/h9,21-22,25-27,33H,1,10-20H2,2-8H3/t22-,25-,26+,27+,30-,31-,32-/m1/s1. The Balaban J connectivity index is 1.75. The molecule has 0 aromatic rings. The molecular formula is C32H52O2. The number of aliphatic hydroxyl groups excluding tert-OH is 1. The van der Waals surface area contributed by atoms with Gasteiger partial charge in [0.25, 0.3) is 0 Å². The van der Waals surface area contributed by atoms with E-state index in [0.29, 0.717) is 23.5 Å². The Morgan fingerprint density at radius 3 is 2.38 bits per heavy atom. The summed E-state index contributed by atoms with van der Waals surface area (Å²) in [7, 11) is 0. The van der Waals surface area contributed by atoms with E-state index in [9.17, 15) is 9.90 Å². The zero-order valence-electron chi connectivity index (χ0n) is 23.3. The predicted molar refractivity (Wildman–Crippen MR) is 142 cm³/mol. The molecule has 0 radical (unpaired) electrons. The third kappa shape index (κ3) is 3.55. The number of carbonyl (C=O) groups is 1. The van der Waals surface area contributed by atoms with E-state index in [4.69, 9.17) is 0 Å². The molecule has 0 saturated heterocycles. The molecule has 0 unspecified atom stereocenters. The lowest BCUT2D eigenvalue weighted by Gasteiger charge is -2.62. The predicted octanol–water partition coefficient (Wildman–Crippen LogP) is 8.29. The molecule has 0 aromatic heterocycles. The number of ketones is 1. The second kappa shape index (κ2) is 8.89. The molecule has 1 N–H and O–H groups in total. The molecule has 2 fully saturated rings. The summed E-state index contributed by atoms with van der Waals surface area (Å²) < 4.78 is 0. The molecule has 7 atom stereocenters. The van der Waals surface area contributed by atoms with E-state index in [1.54, 1.807) is 5.57 Å². The Bertz CT molecular complexity index is 849. The van der Waals surface area contributed by atoms with Crippen LogP contribution in [0, 0.1) is 45.3 Å². The minimum atomic E-state index is -0.340. The van der Waals surface area contributed by atoms with Crippen LogP contribution >= 0.6 is 0 Å². The van der Waals surface area contributed by atoms with Crippen molar-refractivity contribution in [3.63, 3.8) is 0 Å². The van der Waals surface area contributed by atoms with Crippen molar-refractivity contribution in [2.24, 2.45) is 45.3 Å². The Morgan fingerprint density at radius 2 is 1.74 bits per heavy atom. The van der Waals surface area contributed by atoms with E-state index in [1.165, 1.54) is 24.8 Å². The van der Waals surface area contributed by atoms with Gasteiger partial charge in [0.05, 0.1) is 11.5 Å². The van der Waals surface area contributed by atoms with Crippen molar-refractivity contribution >= 4 is 5.78 Å². The Hall–Kier alpha value is -0.890. The molecule has 0 aliphatic heterocycles. The monoisotopic (exact) mass is 468 g/mol. The van der Waals surface area contributed by atoms with Crippen LogP contribution in [0.5, 0.6) is 0 Å². The summed E-state index contributed by atoms with van der Waals surface area (Å²) in [6, 6.07) is 0. The van der Waals surface area contributed by atoms with Crippen LogP contribution in [0.2, 0.25) is 0 Å². The number of aliphatic hydroxyl groups is 1. The van der Waals surface area contributed by atoms with Crippen molar-refractivity contribution in [1.82, 2.24) is 0 Å². The summed E-state index contributed by atoms with van der Waals surface area (Å²) in [4.78, 5) is 14.2. The highest BCUT2D eigenvalue weighted by Gasteiger charge is 2.68. The summed E-state index contributed by atoms with van der Waals surface area (Å²) in [5.41, 5.74) is 2.89. The molecule has 0 spiro atoms. The van der Waals surface area contributed by atoms with Crippen LogP contribution in [0.3, 0.4) is 0 Å². The lowest BCUT2D eigenvalue weighted by molar-refractivity contribution is -0.130. The highest BCUT2D eigenvalue weighted by Crippen LogP contribution is 2.72. The van der Waals surface area contributed by atoms with E-state index in [2.05, 4.69) is 61.1 Å². The summed E-state index contributed by atoms with van der Waals surface area (Å²) in [5.74, 6) is 2.84. The van der Waals surface area contributed by atoms with Gasteiger partial charge in [-0.1, -0.05) is 85.0 Å². The maximum absolute atomic E-state index is 14.2. The van der Waals surface area contributed by atoms with Crippen LogP contribution in [0.4, 0.5) is 0 Å². The first-order chi connectivity index (χ1) is 15.9. The topological polar surface area (TPSA) is 37.3 Å². The van der Waals surface area contributed by atoms with Crippen LogP contribution in [0.15, 0.2) is 23.8 Å². The zero-order valence-corrected chi connectivity index (χ0v) is 23.3. The Kier molecular flexibility index (Phi) is 6.85. The van der Waals surface area contributed by atoms with Gasteiger partial charge < -0.3 is 5.11 Å². The smallest absolute Gasteiger partial charge is 0.144 e. The Labute approximate surface area is 210 Å². The van der Waals surface area contributed by atoms with Crippen molar-refractivity contribution in [2.75, 3.05) is 0 Å². The molecule has 2 nitrogen and oxygen atoms in total. The molecule has 2 saturated carbocycles. The van der Waals surface area contributed by atoms with Crippen molar-refractivity contribution in [3.8, 4) is 0 Å². The SMILES string of the molecule is C=CC[C@@]12C(=O)C[C@H]([C@H](C)CCCC(C)C)[C@@]1(C)CCC1=C2CC[C@H]2C(C)(C)[C@@H](O)CC[C@]12C. The largest absolute Gasteiger partial charge is 0.393 e. The van der Waals surface area contributed by atoms with E-state index in [0.717, 1.165) is 57.3 Å². The quantitative estimate of drug-likeness (QED) is 0.382. The number of rotatable bonds is 7. The summed E-state index contributed by atoms with van der Waals surface area (Å²) in [5, 5.41) is 10.9. The summed E-state index contributed by atoms with van der Waals surface area (Å²) in [6.45, 7) is 20.8. The highest BCUT2D eigenvalue weighted by molar-refractivity contribution is 5.92. The molecule has 2 heteroatoms. The maximum Gasteiger partial charge on any atom is 0.144 e. The maximum atomic E-state index is 14.2. The van der Waals surface area contributed by atoms with E-state index < -0.39 is 0 Å². The average Bonchev–Trinajstić information content (AvgIpc) is 2.99. The molecule has 4 aliphatic rings. The highest BCUT2D eigenvalue weighted by atomic mass is 16.3. The van der Waals surface area contributed by atoms with Gasteiger partial charge in [0.2, 0.25) is 0 Å². The van der Waals surface area contributed by atoms with Gasteiger partial charge in [0, 0.05) is 6.42 Å². The van der Waals surface area contributed by atoms with Gasteiger partial charge in [-0.2, -0.15) is 0 Å². The molecule has 4 aliphatic carbocycles. The molecule has 0 bridgehead atoms. The summed E-state index contributed by atoms with van der Waals surface area (Å²) >= 11 is 0. The first kappa shape index (κ1) is 26.2. The average molecular weight is 469 g/mol. The number of hydrogen-bond donors (Lipinski definition) is 1. The van der Waals surface area contributed by atoms with Crippen molar-refractivity contribution in [3.05, 3.63) is 23.8 Å². The third-order valence-electron chi connectivity index (χ3n) is 11.9. The van der Waals surface area contributed by atoms with Gasteiger partial charge in [-0.05, 0) is 84.9 Å². The second-order valence-corrected chi connectivity index (χ2v) is 14.2. The van der Waals surface area contributed by atoms with Crippen molar-refractivity contribution < 1.29 is 9.90 Å². The van der Waals surface area contributed by atoms with E-state index in [-0.39, 0.29) is 27.8 Å². The normalized spacial score (nSPS) is 42.3. The molecule has 4 rings (SSSR count). The fourth-order valence-electron chi connectivity index (χ4n) is 9.88. The Morgan fingerprint density at radius 1 is 1.03 bits per heavy atom. The van der Waals surface area contributed by atoms with Gasteiger partial charge in [-0.25, -0.2) is 0 Å². The molecular weight excluding hydrogens is 416 g/mol. The van der Waals surface area contributed by atoms with Crippen molar-refractivity contribution in [1.29, 1.82) is 0 Å². The van der Waals surface area contributed by atoms with Crippen LogP contribution in [-0.2, 0) is 4.79 Å². The second-order valence-electron chi connectivity index (χ2n) is 14.2. The summed E-state index contributed by atoms with van der Waals surface area (Å²) in [6.07, 6.45) is 13.6. The van der Waals surface area contributed by atoms with E-state index >= 15 is 0 Å². The minimum absolute atomic E-state index is 0.0429. The third-order valence-corrected chi connectivity index (χ3v) is 11.9. The number of carbonyl (C=O) groups excluding carboxylic acids is 1. The van der Waals surface area contributed by atoms with Gasteiger partial charge in [0.1, 0.15) is 5.78 Å². The molecule has 0 aromatic carbocycles. The van der Waals surface area contributed by atoms with Crippen molar-refractivity contribution in [2.45, 2.75) is 125 Å². The van der Waals surface area contributed by atoms with Crippen LogP contribution in [-0.4, -0.2) is 17.0 Å². The van der Waals surface area contributed by atoms with Gasteiger partial charge >= 0.3 is 0 Å². The number of fused-ring (bicyclic) bond motifs is 4. The lowest BCUT2D eigenvalue weighted by atomic mass is 9.42. The van der Waals surface area contributed by atoms with Gasteiger partial charge in [0.15, 0.2) is 0 Å². The van der Waals surface area contributed by atoms with Crippen LogP contribution < -0.4 is 0 Å². The first-order valence-corrected chi connectivity index (χ1v) is 14.4.